The Bertz CT molecular complexity index is 351. The Balaban J connectivity index is 1.92. The molecule has 96 valence electrons. The van der Waals surface area contributed by atoms with Crippen molar-refractivity contribution in [3.8, 4) is 0 Å². The van der Waals surface area contributed by atoms with Gasteiger partial charge in [-0.3, -0.25) is 4.68 Å². The van der Waals surface area contributed by atoms with Crippen molar-refractivity contribution < 1.29 is 5.11 Å². The lowest BCUT2D eigenvalue weighted by Crippen LogP contribution is -2.23. The fourth-order valence-electron chi connectivity index (χ4n) is 2.96. The van der Waals surface area contributed by atoms with Gasteiger partial charge in [-0.2, -0.15) is 5.10 Å². The highest BCUT2D eigenvalue weighted by molar-refractivity contribution is 5.04. The van der Waals surface area contributed by atoms with Gasteiger partial charge in [0.15, 0.2) is 0 Å². The van der Waals surface area contributed by atoms with Crippen molar-refractivity contribution in [2.45, 2.75) is 45.6 Å². The first-order chi connectivity index (χ1) is 8.08. The third kappa shape index (κ3) is 2.89. The second kappa shape index (κ2) is 5.21. The Morgan fingerprint density at radius 2 is 1.82 bits per heavy atom. The average Bonchev–Trinajstić information content (AvgIpc) is 2.75. The average molecular weight is 236 g/mol. The molecule has 0 aliphatic heterocycles. The molecule has 0 spiro atoms. The molecule has 0 aromatic carbocycles. The lowest BCUT2D eigenvalue weighted by molar-refractivity contribution is 0.0632. The maximum Gasteiger partial charge on any atom is 0.101 e. The van der Waals surface area contributed by atoms with Gasteiger partial charge in [0.25, 0.3) is 0 Å². The van der Waals surface area contributed by atoms with Crippen LogP contribution < -0.4 is 0 Å². The van der Waals surface area contributed by atoms with E-state index in [2.05, 4.69) is 18.9 Å². The maximum atomic E-state index is 10.3. The van der Waals surface area contributed by atoms with Gasteiger partial charge in [0.1, 0.15) is 6.10 Å². The SMILES string of the molecule is CC(C)C1CCC(C(O)c2ccn(C)n2)CC1. The van der Waals surface area contributed by atoms with Gasteiger partial charge < -0.3 is 5.11 Å². The van der Waals surface area contributed by atoms with Crippen LogP contribution in [0.2, 0.25) is 0 Å². The van der Waals surface area contributed by atoms with Crippen LogP contribution in [0.25, 0.3) is 0 Å². The molecule has 1 aliphatic rings. The molecule has 1 fully saturated rings. The second-order valence-electron chi connectivity index (χ2n) is 5.78. The van der Waals surface area contributed by atoms with Gasteiger partial charge in [0, 0.05) is 13.2 Å². The predicted octanol–water partition coefficient (Wildman–Crippen LogP) is 2.92. The number of aliphatic hydroxyl groups is 1. The minimum atomic E-state index is -0.371. The molecule has 0 amide bonds. The van der Waals surface area contributed by atoms with Crippen LogP contribution in [0.15, 0.2) is 12.3 Å². The third-order valence-electron chi connectivity index (χ3n) is 4.24. The van der Waals surface area contributed by atoms with E-state index in [1.807, 2.05) is 19.3 Å². The number of aliphatic hydroxyl groups excluding tert-OH is 1. The normalized spacial score (nSPS) is 27.4. The van der Waals surface area contributed by atoms with Crippen LogP contribution in [0.1, 0.15) is 51.3 Å². The topological polar surface area (TPSA) is 38.0 Å². The van der Waals surface area contributed by atoms with Crippen molar-refractivity contribution in [3.63, 3.8) is 0 Å². The van der Waals surface area contributed by atoms with E-state index >= 15 is 0 Å². The van der Waals surface area contributed by atoms with Gasteiger partial charge in [-0.15, -0.1) is 0 Å². The lowest BCUT2D eigenvalue weighted by Gasteiger charge is -2.32. The van der Waals surface area contributed by atoms with E-state index in [0.29, 0.717) is 5.92 Å². The standard InChI is InChI=1S/C14H24N2O/c1-10(2)11-4-6-12(7-5-11)14(17)13-8-9-16(3)15-13/h8-12,14,17H,4-7H2,1-3H3. The molecule has 1 atom stereocenters. The Morgan fingerprint density at radius 1 is 1.24 bits per heavy atom. The number of aryl methyl sites for hydroxylation is 1. The minimum Gasteiger partial charge on any atom is -0.386 e. The molecular weight excluding hydrogens is 212 g/mol. The summed E-state index contributed by atoms with van der Waals surface area (Å²) in [6.45, 7) is 4.61. The zero-order valence-corrected chi connectivity index (χ0v) is 11.1. The third-order valence-corrected chi connectivity index (χ3v) is 4.24. The summed E-state index contributed by atoms with van der Waals surface area (Å²) in [7, 11) is 1.89. The fourth-order valence-corrected chi connectivity index (χ4v) is 2.96. The summed E-state index contributed by atoms with van der Waals surface area (Å²) in [5, 5.41) is 14.6. The van der Waals surface area contributed by atoms with E-state index in [9.17, 15) is 5.11 Å². The van der Waals surface area contributed by atoms with E-state index in [1.54, 1.807) is 4.68 Å². The zero-order chi connectivity index (χ0) is 12.4. The van der Waals surface area contributed by atoms with Gasteiger partial charge in [-0.25, -0.2) is 0 Å². The molecule has 3 heteroatoms. The zero-order valence-electron chi connectivity index (χ0n) is 11.1. The number of aromatic nitrogens is 2. The smallest absolute Gasteiger partial charge is 0.101 e. The van der Waals surface area contributed by atoms with Gasteiger partial charge in [0.05, 0.1) is 5.69 Å². The Morgan fingerprint density at radius 3 is 2.29 bits per heavy atom. The molecule has 0 bridgehead atoms. The van der Waals surface area contributed by atoms with Gasteiger partial charge in [-0.1, -0.05) is 13.8 Å². The Hall–Kier alpha value is -0.830. The second-order valence-corrected chi connectivity index (χ2v) is 5.78. The summed E-state index contributed by atoms with van der Waals surface area (Å²) in [5.74, 6) is 2.03. The van der Waals surface area contributed by atoms with Crippen LogP contribution in [0, 0.1) is 17.8 Å². The quantitative estimate of drug-likeness (QED) is 0.876. The number of nitrogens with zero attached hydrogens (tertiary/aromatic N) is 2. The van der Waals surface area contributed by atoms with Crippen molar-refractivity contribution in [1.29, 1.82) is 0 Å². The molecule has 1 heterocycles. The van der Waals surface area contributed by atoms with Crippen LogP contribution >= 0.6 is 0 Å². The number of hydrogen-bond donors (Lipinski definition) is 1. The van der Waals surface area contributed by atoms with E-state index in [-0.39, 0.29) is 6.10 Å². The summed E-state index contributed by atoms with van der Waals surface area (Å²) >= 11 is 0. The molecular formula is C14H24N2O. The highest BCUT2D eigenvalue weighted by Crippen LogP contribution is 2.38. The summed E-state index contributed by atoms with van der Waals surface area (Å²) in [5.41, 5.74) is 0.834. The van der Waals surface area contributed by atoms with Crippen LogP contribution in [0.4, 0.5) is 0 Å². The molecule has 1 aliphatic carbocycles. The molecule has 1 N–H and O–H groups in total. The van der Waals surface area contributed by atoms with Crippen molar-refractivity contribution in [2.24, 2.45) is 24.8 Å². The van der Waals surface area contributed by atoms with Crippen molar-refractivity contribution >= 4 is 0 Å². The summed E-state index contributed by atoms with van der Waals surface area (Å²) < 4.78 is 1.76. The highest BCUT2D eigenvalue weighted by Gasteiger charge is 2.29. The van der Waals surface area contributed by atoms with Crippen LogP contribution in [-0.2, 0) is 7.05 Å². The first-order valence-electron chi connectivity index (χ1n) is 6.75. The molecule has 0 saturated heterocycles. The van der Waals surface area contributed by atoms with Gasteiger partial charge >= 0.3 is 0 Å². The van der Waals surface area contributed by atoms with Crippen molar-refractivity contribution in [2.75, 3.05) is 0 Å². The summed E-state index contributed by atoms with van der Waals surface area (Å²) in [4.78, 5) is 0. The van der Waals surface area contributed by atoms with Crippen molar-refractivity contribution in [3.05, 3.63) is 18.0 Å². The largest absolute Gasteiger partial charge is 0.386 e. The fraction of sp³-hybridized carbons (Fsp3) is 0.786. The van der Waals surface area contributed by atoms with E-state index in [1.165, 1.54) is 12.8 Å². The molecule has 1 unspecified atom stereocenters. The van der Waals surface area contributed by atoms with E-state index in [0.717, 1.165) is 30.4 Å². The van der Waals surface area contributed by atoms with Crippen LogP contribution in [-0.4, -0.2) is 14.9 Å². The molecule has 17 heavy (non-hydrogen) atoms. The maximum absolute atomic E-state index is 10.3. The summed E-state index contributed by atoms with van der Waals surface area (Å²) in [6.07, 6.45) is 6.32. The molecule has 1 aromatic heterocycles. The molecule has 0 radical (unpaired) electrons. The van der Waals surface area contributed by atoms with Gasteiger partial charge in [0.2, 0.25) is 0 Å². The lowest BCUT2D eigenvalue weighted by atomic mass is 9.75. The summed E-state index contributed by atoms with van der Waals surface area (Å²) in [6, 6.07) is 1.93. The highest BCUT2D eigenvalue weighted by atomic mass is 16.3. The Kier molecular flexibility index (Phi) is 3.87. The first kappa shape index (κ1) is 12.6. The Labute approximate surface area is 104 Å². The van der Waals surface area contributed by atoms with Gasteiger partial charge in [-0.05, 0) is 49.5 Å². The molecule has 3 nitrogen and oxygen atoms in total. The first-order valence-corrected chi connectivity index (χ1v) is 6.75. The minimum absolute atomic E-state index is 0.371. The monoisotopic (exact) mass is 236 g/mol. The molecule has 1 saturated carbocycles. The number of rotatable bonds is 3. The van der Waals surface area contributed by atoms with Crippen LogP contribution in [0.3, 0.4) is 0 Å². The number of hydrogen-bond acceptors (Lipinski definition) is 2. The van der Waals surface area contributed by atoms with Crippen LogP contribution in [0.5, 0.6) is 0 Å². The van der Waals surface area contributed by atoms with Crippen molar-refractivity contribution in [1.82, 2.24) is 9.78 Å². The van der Waals surface area contributed by atoms with E-state index < -0.39 is 0 Å². The van der Waals surface area contributed by atoms with E-state index in [4.69, 9.17) is 0 Å². The molecule has 2 rings (SSSR count). The predicted molar refractivity (Wildman–Crippen MR) is 68.5 cm³/mol. The molecule has 1 aromatic rings.